The molecule has 0 unspecified atom stereocenters. The lowest BCUT2D eigenvalue weighted by atomic mass is 10.1. The summed E-state index contributed by atoms with van der Waals surface area (Å²) in [6, 6.07) is 7.50. The van der Waals surface area contributed by atoms with Crippen molar-refractivity contribution in [3.8, 4) is 5.75 Å². The first-order valence-corrected chi connectivity index (χ1v) is 5.94. The van der Waals surface area contributed by atoms with Crippen LogP contribution in [0.4, 0.5) is 0 Å². The Kier molecular flexibility index (Phi) is 4.36. The summed E-state index contributed by atoms with van der Waals surface area (Å²) in [5.74, 6) is 0.789. The Morgan fingerprint density at radius 2 is 2.17 bits per heavy atom. The van der Waals surface area contributed by atoms with Gasteiger partial charge in [0.1, 0.15) is 11.9 Å². The van der Waals surface area contributed by atoms with E-state index in [0.29, 0.717) is 6.42 Å². The maximum absolute atomic E-state index is 9.73. The van der Waals surface area contributed by atoms with Crippen LogP contribution in [-0.4, -0.2) is 31.0 Å². The minimum Gasteiger partial charge on any atom is -0.497 e. The highest BCUT2D eigenvalue weighted by molar-refractivity contribution is 5.28. The third-order valence-corrected chi connectivity index (χ3v) is 2.93. The molecule has 1 heterocycles. The normalized spacial score (nSPS) is 27.8. The van der Waals surface area contributed by atoms with Gasteiger partial charge in [-0.05, 0) is 18.6 Å². The highest BCUT2D eigenvalue weighted by Crippen LogP contribution is 2.28. The second kappa shape index (κ2) is 6.00. The van der Waals surface area contributed by atoms with E-state index in [4.69, 9.17) is 14.2 Å². The molecule has 0 saturated carbocycles. The summed E-state index contributed by atoms with van der Waals surface area (Å²) in [6.07, 6.45) is 1.05. The molecule has 98 valence electrons. The van der Waals surface area contributed by atoms with Crippen LogP contribution in [0.2, 0.25) is 0 Å². The predicted octanol–water partition coefficient (Wildman–Crippen LogP) is 2.05. The third kappa shape index (κ3) is 2.90. The zero-order valence-electron chi connectivity index (χ0n) is 10.4. The summed E-state index contributed by atoms with van der Waals surface area (Å²) in [6.45, 7) is 3.93. The Morgan fingerprint density at radius 3 is 2.78 bits per heavy atom. The monoisotopic (exact) mass is 250 g/mol. The van der Waals surface area contributed by atoms with Gasteiger partial charge in [0.25, 0.3) is 0 Å². The average Bonchev–Trinajstić information content (AvgIpc) is 2.42. The molecule has 2 rings (SSSR count). The van der Waals surface area contributed by atoms with Crippen LogP contribution in [0.3, 0.4) is 0 Å². The van der Waals surface area contributed by atoms with Crippen LogP contribution in [0.1, 0.15) is 18.3 Å². The Balaban J connectivity index is 2.05. The van der Waals surface area contributed by atoms with E-state index in [1.54, 1.807) is 13.2 Å². The van der Waals surface area contributed by atoms with Crippen LogP contribution in [0, 0.1) is 0 Å². The van der Waals surface area contributed by atoms with Crippen LogP contribution in [0.25, 0.3) is 0 Å². The highest BCUT2D eigenvalue weighted by Gasteiger charge is 2.30. The number of hydrogen-bond donors (Lipinski definition) is 1. The lowest BCUT2D eigenvalue weighted by molar-refractivity contribution is -0.255. The molecule has 1 aliphatic heterocycles. The van der Waals surface area contributed by atoms with Gasteiger partial charge in [-0.15, -0.1) is 6.58 Å². The molecule has 1 fully saturated rings. The molecule has 3 atom stereocenters. The van der Waals surface area contributed by atoms with Gasteiger partial charge in [0.15, 0.2) is 6.29 Å². The maximum Gasteiger partial charge on any atom is 0.184 e. The third-order valence-electron chi connectivity index (χ3n) is 2.93. The van der Waals surface area contributed by atoms with Crippen molar-refractivity contribution in [3.63, 3.8) is 0 Å². The molecule has 4 heteroatoms. The number of rotatable bonds is 4. The van der Waals surface area contributed by atoms with E-state index in [9.17, 15) is 5.11 Å². The smallest absolute Gasteiger partial charge is 0.184 e. The van der Waals surface area contributed by atoms with Crippen LogP contribution in [0.15, 0.2) is 36.9 Å². The van der Waals surface area contributed by atoms with Gasteiger partial charge in [-0.1, -0.05) is 18.2 Å². The molecule has 0 spiro atoms. The van der Waals surface area contributed by atoms with Gasteiger partial charge in [0.2, 0.25) is 0 Å². The zero-order valence-corrected chi connectivity index (χ0v) is 10.4. The molecule has 1 aliphatic rings. The van der Waals surface area contributed by atoms with Crippen LogP contribution < -0.4 is 4.74 Å². The second-order valence-corrected chi connectivity index (χ2v) is 4.20. The Bertz CT molecular complexity index is 387. The molecule has 1 aromatic carbocycles. The SMILES string of the molecule is C=CC[C@@H]1O[C@H](c2ccc(OC)cc2)OC[C@H]1O. The Morgan fingerprint density at radius 1 is 1.44 bits per heavy atom. The van der Waals surface area contributed by atoms with Gasteiger partial charge >= 0.3 is 0 Å². The van der Waals surface area contributed by atoms with Crippen molar-refractivity contribution in [3.05, 3.63) is 42.5 Å². The van der Waals surface area contributed by atoms with E-state index in [-0.39, 0.29) is 12.7 Å². The van der Waals surface area contributed by atoms with Crippen molar-refractivity contribution >= 4 is 0 Å². The topological polar surface area (TPSA) is 47.9 Å². The molecule has 18 heavy (non-hydrogen) atoms. The van der Waals surface area contributed by atoms with Crippen molar-refractivity contribution in [2.45, 2.75) is 24.9 Å². The molecular formula is C14H18O4. The quantitative estimate of drug-likeness (QED) is 0.831. The first-order valence-electron chi connectivity index (χ1n) is 5.94. The molecule has 0 amide bonds. The van der Waals surface area contributed by atoms with Crippen LogP contribution in [0.5, 0.6) is 5.75 Å². The van der Waals surface area contributed by atoms with Gasteiger partial charge in [-0.3, -0.25) is 0 Å². The molecule has 0 bridgehead atoms. The molecule has 1 N–H and O–H groups in total. The first-order chi connectivity index (χ1) is 8.74. The van der Waals surface area contributed by atoms with E-state index >= 15 is 0 Å². The lowest BCUT2D eigenvalue weighted by Gasteiger charge is -2.33. The van der Waals surface area contributed by atoms with Gasteiger partial charge in [-0.25, -0.2) is 0 Å². The van der Waals surface area contributed by atoms with E-state index in [2.05, 4.69) is 6.58 Å². The van der Waals surface area contributed by atoms with Crippen LogP contribution in [-0.2, 0) is 9.47 Å². The number of aliphatic hydroxyl groups is 1. The lowest BCUT2D eigenvalue weighted by Crippen LogP contribution is -2.40. The number of benzene rings is 1. The van der Waals surface area contributed by atoms with Crippen LogP contribution >= 0.6 is 0 Å². The molecule has 4 nitrogen and oxygen atoms in total. The fourth-order valence-electron chi connectivity index (χ4n) is 1.89. The molecule has 1 aromatic rings. The minimum absolute atomic E-state index is 0.261. The van der Waals surface area contributed by atoms with Gasteiger partial charge < -0.3 is 19.3 Å². The first kappa shape index (κ1) is 13.1. The number of methoxy groups -OCH3 is 1. The van der Waals surface area contributed by atoms with Crippen molar-refractivity contribution in [2.75, 3.05) is 13.7 Å². The minimum atomic E-state index is -0.600. The molecule has 1 saturated heterocycles. The molecule has 0 radical (unpaired) electrons. The van der Waals surface area contributed by atoms with Crippen molar-refractivity contribution in [2.24, 2.45) is 0 Å². The van der Waals surface area contributed by atoms with Gasteiger partial charge in [0, 0.05) is 5.56 Å². The predicted molar refractivity (Wildman–Crippen MR) is 67.4 cm³/mol. The van der Waals surface area contributed by atoms with E-state index < -0.39 is 12.4 Å². The largest absolute Gasteiger partial charge is 0.497 e. The summed E-state index contributed by atoms with van der Waals surface area (Å²) in [5, 5.41) is 9.73. The summed E-state index contributed by atoms with van der Waals surface area (Å²) >= 11 is 0. The van der Waals surface area contributed by atoms with Crippen molar-refractivity contribution < 1.29 is 19.3 Å². The average molecular weight is 250 g/mol. The number of hydrogen-bond acceptors (Lipinski definition) is 4. The van der Waals surface area contributed by atoms with Crippen molar-refractivity contribution in [1.29, 1.82) is 0 Å². The Labute approximate surface area is 107 Å². The summed E-state index contributed by atoms with van der Waals surface area (Å²) in [7, 11) is 1.62. The summed E-state index contributed by atoms with van der Waals surface area (Å²) < 4.78 is 16.3. The zero-order chi connectivity index (χ0) is 13.0. The van der Waals surface area contributed by atoms with E-state index in [1.807, 2.05) is 24.3 Å². The molecule has 0 aliphatic carbocycles. The highest BCUT2D eigenvalue weighted by atomic mass is 16.7. The van der Waals surface area contributed by atoms with E-state index in [0.717, 1.165) is 11.3 Å². The maximum atomic E-state index is 9.73. The second-order valence-electron chi connectivity index (χ2n) is 4.20. The standard InChI is InChI=1S/C14H18O4/c1-3-4-13-12(15)9-17-14(18-13)10-5-7-11(16-2)8-6-10/h3,5-8,12-15H,1,4,9H2,2H3/t12-,13+,14-/m1/s1. The molecule has 0 aromatic heterocycles. The fourth-order valence-corrected chi connectivity index (χ4v) is 1.89. The molecular weight excluding hydrogens is 232 g/mol. The summed E-state index contributed by atoms with van der Waals surface area (Å²) in [4.78, 5) is 0. The summed E-state index contributed by atoms with van der Waals surface area (Å²) in [5.41, 5.74) is 0.914. The Hall–Kier alpha value is -1.36. The number of aliphatic hydroxyl groups excluding tert-OH is 1. The van der Waals surface area contributed by atoms with Crippen molar-refractivity contribution in [1.82, 2.24) is 0 Å². The number of ether oxygens (including phenoxy) is 3. The van der Waals surface area contributed by atoms with Gasteiger partial charge in [0.05, 0.1) is 19.8 Å². The fraction of sp³-hybridized carbons (Fsp3) is 0.429. The van der Waals surface area contributed by atoms with E-state index in [1.165, 1.54) is 0 Å². The van der Waals surface area contributed by atoms with Gasteiger partial charge in [-0.2, -0.15) is 0 Å².